The van der Waals surface area contributed by atoms with Crippen molar-refractivity contribution in [2.45, 2.75) is 32.0 Å². The molecule has 1 aliphatic rings. The minimum absolute atomic E-state index is 0.0830. The second-order valence-electron chi connectivity index (χ2n) is 3.32. The van der Waals surface area contributed by atoms with Gasteiger partial charge in [-0.2, -0.15) is 0 Å². The molecule has 0 radical (unpaired) electrons. The van der Waals surface area contributed by atoms with E-state index in [1.54, 1.807) is 12.1 Å². The SMILES string of the molecule is CC[Si]1(CC)CCO[SiH2][SiH2]1. The van der Waals surface area contributed by atoms with Crippen LogP contribution in [0.2, 0.25) is 18.1 Å². The van der Waals surface area contributed by atoms with E-state index >= 15 is 0 Å². The lowest BCUT2D eigenvalue weighted by Gasteiger charge is -2.32. The van der Waals surface area contributed by atoms with E-state index in [9.17, 15) is 0 Å². The molecule has 1 aliphatic heterocycles. The molecule has 10 heavy (non-hydrogen) atoms. The highest BCUT2D eigenvalue weighted by molar-refractivity contribution is 7.43. The summed E-state index contributed by atoms with van der Waals surface area (Å²) in [5, 5.41) is 0. The molecule has 0 bridgehead atoms. The molecule has 0 unspecified atom stereocenters. The van der Waals surface area contributed by atoms with Crippen molar-refractivity contribution in [1.82, 2.24) is 0 Å². The van der Waals surface area contributed by atoms with Gasteiger partial charge in [-0.3, -0.25) is 0 Å². The van der Waals surface area contributed by atoms with Crippen molar-refractivity contribution >= 4 is 25.4 Å². The summed E-state index contributed by atoms with van der Waals surface area (Å²) in [6.45, 7) is 5.98. The lowest BCUT2D eigenvalue weighted by Crippen LogP contribution is -2.48. The third-order valence-electron chi connectivity index (χ3n) is 3.05. The molecule has 1 nitrogen and oxygen atoms in total. The highest BCUT2D eigenvalue weighted by Crippen LogP contribution is 2.20. The fraction of sp³-hybridized carbons (Fsp3) is 1.00. The smallest absolute Gasteiger partial charge is 0.141 e. The Kier molecular flexibility index (Phi) is 3.35. The molecule has 0 N–H and O–H groups in total. The molecule has 1 saturated heterocycles. The van der Waals surface area contributed by atoms with Crippen LogP contribution in [0.4, 0.5) is 0 Å². The summed E-state index contributed by atoms with van der Waals surface area (Å²) < 4.78 is 5.56. The Balaban J connectivity index is 2.44. The van der Waals surface area contributed by atoms with Gasteiger partial charge in [-0.15, -0.1) is 0 Å². The molecule has 0 aromatic heterocycles. The molecule has 0 atom stereocenters. The Bertz CT molecular complexity index is 95.2. The lowest BCUT2D eigenvalue weighted by molar-refractivity contribution is 0.365. The minimum Gasteiger partial charge on any atom is -0.428 e. The van der Waals surface area contributed by atoms with Crippen LogP contribution in [0.5, 0.6) is 0 Å². The van der Waals surface area contributed by atoms with Gasteiger partial charge in [0.2, 0.25) is 0 Å². The highest BCUT2D eigenvalue weighted by atomic mass is 29.6. The fourth-order valence-electron chi connectivity index (χ4n) is 1.76. The summed E-state index contributed by atoms with van der Waals surface area (Å²) in [5.74, 6) is 0. The summed E-state index contributed by atoms with van der Waals surface area (Å²) in [7, 11) is -0.101. The Hall–Kier alpha value is 0.611. The van der Waals surface area contributed by atoms with E-state index in [-0.39, 0.29) is 9.28 Å². The molecule has 4 heteroatoms. The summed E-state index contributed by atoms with van der Waals surface area (Å²) >= 11 is 0. The van der Waals surface area contributed by atoms with E-state index in [1.807, 2.05) is 0 Å². The van der Waals surface area contributed by atoms with Crippen molar-refractivity contribution in [2.75, 3.05) is 6.61 Å². The third kappa shape index (κ3) is 1.81. The topological polar surface area (TPSA) is 9.23 Å². The first-order chi connectivity index (χ1) is 4.83. The molecule has 0 amide bonds. The largest absolute Gasteiger partial charge is 0.428 e. The first-order valence-electron chi connectivity index (χ1n) is 4.41. The molecule has 0 aliphatic carbocycles. The zero-order chi connectivity index (χ0) is 7.45. The summed E-state index contributed by atoms with van der Waals surface area (Å²) in [4.78, 5) is 0. The Morgan fingerprint density at radius 3 is 2.40 bits per heavy atom. The maximum Gasteiger partial charge on any atom is 0.141 e. The first kappa shape index (κ1) is 8.70. The molecule has 60 valence electrons. The lowest BCUT2D eigenvalue weighted by atomic mass is 10.9. The Morgan fingerprint density at radius 2 is 2.10 bits per heavy atom. The van der Waals surface area contributed by atoms with Crippen LogP contribution >= 0.6 is 0 Å². The van der Waals surface area contributed by atoms with Crippen molar-refractivity contribution in [1.29, 1.82) is 0 Å². The van der Waals surface area contributed by atoms with Crippen LogP contribution in [-0.4, -0.2) is 32.0 Å². The van der Waals surface area contributed by atoms with Crippen molar-refractivity contribution in [2.24, 2.45) is 0 Å². The minimum atomic E-state index is -0.555. The van der Waals surface area contributed by atoms with Crippen molar-refractivity contribution in [3.8, 4) is 0 Å². The number of rotatable bonds is 2. The van der Waals surface area contributed by atoms with E-state index in [0.717, 1.165) is 6.61 Å². The van der Waals surface area contributed by atoms with Gasteiger partial charge in [-0.1, -0.05) is 25.9 Å². The second kappa shape index (κ2) is 3.85. The van der Waals surface area contributed by atoms with Gasteiger partial charge in [-0.25, -0.2) is 0 Å². The molecule has 1 heterocycles. The van der Waals surface area contributed by atoms with Crippen molar-refractivity contribution in [3.63, 3.8) is 0 Å². The highest BCUT2D eigenvalue weighted by Gasteiger charge is 2.31. The van der Waals surface area contributed by atoms with E-state index in [0.29, 0.717) is 8.55 Å². The van der Waals surface area contributed by atoms with E-state index in [1.165, 1.54) is 6.04 Å². The van der Waals surface area contributed by atoms with Crippen LogP contribution in [0.1, 0.15) is 13.8 Å². The van der Waals surface area contributed by atoms with Gasteiger partial charge in [0, 0.05) is 22.8 Å². The zero-order valence-electron chi connectivity index (χ0n) is 7.15. The van der Waals surface area contributed by atoms with Crippen LogP contribution < -0.4 is 0 Å². The summed E-state index contributed by atoms with van der Waals surface area (Å²) in [5.41, 5.74) is 0. The summed E-state index contributed by atoms with van der Waals surface area (Å²) in [6, 6.07) is 4.64. The predicted octanol–water partition coefficient (Wildman–Crippen LogP) is 0.169. The standard InChI is InChI=1S/C6H18OSi3/c1-3-10(4-2)6-5-7-8-9-10/h3-6,8-9H2,1-2H3. The molecule has 0 aromatic carbocycles. The summed E-state index contributed by atoms with van der Waals surface area (Å²) in [6.07, 6.45) is 0. The van der Waals surface area contributed by atoms with E-state index in [4.69, 9.17) is 4.43 Å². The maximum absolute atomic E-state index is 5.56. The maximum atomic E-state index is 5.56. The normalized spacial score (nSPS) is 29.4. The monoisotopic (exact) mass is 190 g/mol. The predicted molar refractivity (Wildman–Crippen MR) is 54.6 cm³/mol. The molecule has 1 rings (SSSR count). The third-order valence-corrected chi connectivity index (χ3v) is 29.3. The van der Waals surface area contributed by atoms with Crippen LogP contribution in [-0.2, 0) is 4.43 Å². The molecular weight excluding hydrogens is 172 g/mol. The van der Waals surface area contributed by atoms with Gasteiger partial charge in [0.25, 0.3) is 0 Å². The number of hydrogen-bond donors (Lipinski definition) is 0. The molecule has 1 fully saturated rings. The molecular formula is C6H18OSi3. The average Bonchev–Trinajstić information content (AvgIpc) is 2.06. The Morgan fingerprint density at radius 1 is 1.40 bits per heavy atom. The van der Waals surface area contributed by atoms with Gasteiger partial charge in [0.1, 0.15) is 9.28 Å². The van der Waals surface area contributed by atoms with Gasteiger partial charge < -0.3 is 4.43 Å². The second-order valence-corrected chi connectivity index (χ2v) is 21.3. The van der Waals surface area contributed by atoms with Crippen molar-refractivity contribution < 1.29 is 4.43 Å². The van der Waals surface area contributed by atoms with Crippen LogP contribution in [0.15, 0.2) is 0 Å². The quantitative estimate of drug-likeness (QED) is 0.564. The van der Waals surface area contributed by atoms with E-state index < -0.39 is 7.59 Å². The van der Waals surface area contributed by atoms with Gasteiger partial charge >= 0.3 is 0 Å². The van der Waals surface area contributed by atoms with Gasteiger partial charge in [-0.05, 0) is 6.04 Å². The van der Waals surface area contributed by atoms with Crippen molar-refractivity contribution in [3.05, 3.63) is 0 Å². The van der Waals surface area contributed by atoms with Crippen LogP contribution in [0.25, 0.3) is 0 Å². The molecule has 0 spiro atoms. The van der Waals surface area contributed by atoms with Crippen LogP contribution in [0, 0.1) is 0 Å². The van der Waals surface area contributed by atoms with Gasteiger partial charge in [0.15, 0.2) is 0 Å². The molecule has 0 saturated carbocycles. The zero-order valence-corrected chi connectivity index (χ0v) is 11.0. The van der Waals surface area contributed by atoms with E-state index in [2.05, 4.69) is 13.8 Å². The Labute approximate surface area is 68.9 Å². The average molecular weight is 190 g/mol. The van der Waals surface area contributed by atoms with Crippen LogP contribution in [0.3, 0.4) is 0 Å². The fourth-order valence-corrected chi connectivity index (χ4v) is 25.2. The van der Waals surface area contributed by atoms with Gasteiger partial charge in [0.05, 0.1) is 0 Å². The first-order valence-corrected chi connectivity index (χ1v) is 13.9. The molecule has 0 aromatic rings. The number of hydrogen-bond acceptors (Lipinski definition) is 1.